The summed E-state index contributed by atoms with van der Waals surface area (Å²) in [6, 6.07) is 4.24. The highest BCUT2D eigenvalue weighted by atomic mass is 127. The summed E-state index contributed by atoms with van der Waals surface area (Å²) >= 11 is 0. The lowest BCUT2D eigenvalue weighted by Gasteiger charge is -2.17. The summed E-state index contributed by atoms with van der Waals surface area (Å²) in [4.78, 5) is 11.6. The fraction of sp³-hybridized carbons (Fsp3) is 0.684. The van der Waals surface area contributed by atoms with E-state index in [0.717, 1.165) is 38.0 Å². The maximum atomic E-state index is 4.74. The van der Waals surface area contributed by atoms with E-state index < -0.39 is 0 Å². The predicted molar refractivity (Wildman–Crippen MR) is 118 cm³/mol. The Labute approximate surface area is 170 Å². The van der Waals surface area contributed by atoms with Gasteiger partial charge in [0.25, 0.3) is 0 Å². The maximum Gasteiger partial charge on any atom is 0.191 e. The molecule has 0 aliphatic carbocycles. The number of rotatable bonds is 8. The van der Waals surface area contributed by atoms with E-state index in [1.165, 1.54) is 31.2 Å². The molecule has 1 aliphatic rings. The Balaban J connectivity index is 0.00000312. The van der Waals surface area contributed by atoms with Crippen LogP contribution in [-0.4, -0.2) is 37.1 Å². The van der Waals surface area contributed by atoms with Crippen LogP contribution >= 0.6 is 24.0 Å². The van der Waals surface area contributed by atoms with Crippen LogP contribution in [0, 0.1) is 5.92 Å². The van der Waals surface area contributed by atoms with Gasteiger partial charge >= 0.3 is 0 Å². The Kier molecular flexibility index (Phi) is 10.8. The standard InChI is InChI=1S/C19H33N5.HI/c1-4-16(5-2)14-22-19(20-6-3)23-15-17-9-10-21-18(13-17)24-11-7-8-12-24;/h9-10,13,16H,4-8,11-12,14-15H2,1-3H3,(H2,20,22,23);1H. The Bertz CT molecular complexity index is 510. The minimum Gasteiger partial charge on any atom is -0.357 e. The lowest BCUT2D eigenvalue weighted by Crippen LogP contribution is -2.39. The van der Waals surface area contributed by atoms with Gasteiger partial charge in [-0.1, -0.05) is 26.7 Å². The van der Waals surface area contributed by atoms with Crippen molar-refractivity contribution in [3.63, 3.8) is 0 Å². The first-order chi connectivity index (χ1) is 11.8. The van der Waals surface area contributed by atoms with Crippen molar-refractivity contribution >= 4 is 35.8 Å². The quantitative estimate of drug-likeness (QED) is 0.353. The number of hydrogen-bond acceptors (Lipinski definition) is 3. The van der Waals surface area contributed by atoms with Crippen LogP contribution in [0.15, 0.2) is 23.3 Å². The van der Waals surface area contributed by atoms with Gasteiger partial charge in [-0.2, -0.15) is 0 Å². The first-order valence-electron chi connectivity index (χ1n) is 9.48. The summed E-state index contributed by atoms with van der Waals surface area (Å²) in [7, 11) is 0. The van der Waals surface area contributed by atoms with Crippen LogP contribution < -0.4 is 15.5 Å². The van der Waals surface area contributed by atoms with Gasteiger partial charge in [0.05, 0.1) is 6.54 Å². The van der Waals surface area contributed by atoms with Gasteiger partial charge < -0.3 is 15.5 Å². The van der Waals surface area contributed by atoms with E-state index in [-0.39, 0.29) is 24.0 Å². The third-order valence-corrected chi connectivity index (χ3v) is 4.72. The summed E-state index contributed by atoms with van der Waals surface area (Å²) < 4.78 is 0. The van der Waals surface area contributed by atoms with Crippen LogP contribution in [0.3, 0.4) is 0 Å². The van der Waals surface area contributed by atoms with Gasteiger partial charge in [-0.25, -0.2) is 9.98 Å². The molecule has 0 bridgehead atoms. The highest BCUT2D eigenvalue weighted by molar-refractivity contribution is 14.0. The van der Waals surface area contributed by atoms with Crippen LogP contribution in [0.2, 0.25) is 0 Å². The van der Waals surface area contributed by atoms with E-state index in [2.05, 4.69) is 53.4 Å². The number of nitrogens with one attached hydrogen (secondary N) is 2. The largest absolute Gasteiger partial charge is 0.357 e. The van der Waals surface area contributed by atoms with Crippen molar-refractivity contribution in [3.8, 4) is 0 Å². The molecule has 0 amide bonds. The van der Waals surface area contributed by atoms with Crippen molar-refractivity contribution in [1.29, 1.82) is 0 Å². The summed E-state index contributed by atoms with van der Waals surface area (Å²) in [6.45, 7) is 11.4. The lowest BCUT2D eigenvalue weighted by molar-refractivity contribution is 0.481. The fourth-order valence-electron chi connectivity index (χ4n) is 3.01. The third kappa shape index (κ3) is 7.38. The Hall–Kier alpha value is -1.05. The van der Waals surface area contributed by atoms with Gasteiger partial charge in [0.1, 0.15) is 5.82 Å². The number of aliphatic imine (C=N–C) groups is 1. The zero-order valence-electron chi connectivity index (χ0n) is 15.9. The lowest BCUT2D eigenvalue weighted by atomic mass is 10.0. The van der Waals surface area contributed by atoms with E-state index in [4.69, 9.17) is 4.99 Å². The van der Waals surface area contributed by atoms with Crippen molar-refractivity contribution in [2.45, 2.75) is 53.0 Å². The van der Waals surface area contributed by atoms with E-state index in [9.17, 15) is 0 Å². The number of guanidine groups is 1. The van der Waals surface area contributed by atoms with Crippen LogP contribution in [0.5, 0.6) is 0 Å². The Morgan fingerprint density at radius 1 is 1.20 bits per heavy atom. The molecule has 1 saturated heterocycles. The number of nitrogens with zero attached hydrogens (tertiary/aromatic N) is 3. The molecule has 0 saturated carbocycles. The minimum absolute atomic E-state index is 0. The van der Waals surface area contributed by atoms with Gasteiger partial charge in [-0.15, -0.1) is 24.0 Å². The Morgan fingerprint density at radius 3 is 2.56 bits per heavy atom. The number of aromatic nitrogens is 1. The number of anilines is 1. The summed E-state index contributed by atoms with van der Waals surface area (Å²) in [5.74, 6) is 2.70. The number of hydrogen-bond donors (Lipinski definition) is 2. The number of pyridine rings is 1. The molecule has 2 heterocycles. The molecule has 2 rings (SSSR count). The van der Waals surface area contributed by atoms with E-state index in [1.807, 2.05) is 6.20 Å². The Morgan fingerprint density at radius 2 is 1.92 bits per heavy atom. The molecule has 25 heavy (non-hydrogen) atoms. The monoisotopic (exact) mass is 459 g/mol. The van der Waals surface area contributed by atoms with E-state index in [1.54, 1.807) is 0 Å². The van der Waals surface area contributed by atoms with Gasteiger partial charge in [0.2, 0.25) is 0 Å². The first-order valence-corrected chi connectivity index (χ1v) is 9.48. The zero-order valence-corrected chi connectivity index (χ0v) is 18.3. The molecule has 1 aromatic heterocycles. The first kappa shape index (κ1) is 22.0. The summed E-state index contributed by atoms with van der Waals surface area (Å²) in [5, 5.41) is 6.81. The van der Waals surface area contributed by atoms with Crippen LogP contribution in [0.25, 0.3) is 0 Å². The second kappa shape index (κ2) is 12.3. The fourth-order valence-corrected chi connectivity index (χ4v) is 3.01. The van der Waals surface area contributed by atoms with Crippen molar-refractivity contribution in [2.24, 2.45) is 10.9 Å². The van der Waals surface area contributed by atoms with Crippen molar-refractivity contribution in [3.05, 3.63) is 23.9 Å². The topological polar surface area (TPSA) is 52.6 Å². The molecule has 1 fully saturated rings. The van der Waals surface area contributed by atoms with Crippen molar-refractivity contribution in [2.75, 3.05) is 31.1 Å². The molecule has 5 nitrogen and oxygen atoms in total. The molecule has 0 radical (unpaired) electrons. The van der Waals surface area contributed by atoms with E-state index >= 15 is 0 Å². The minimum atomic E-state index is 0. The average molecular weight is 459 g/mol. The molecule has 0 spiro atoms. The van der Waals surface area contributed by atoms with Gasteiger partial charge in [0.15, 0.2) is 5.96 Å². The van der Waals surface area contributed by atoms with Crippen LogP contribution in [-0.2, 0) is 6.54 Å². The second-order valence-corrected chi connectivity index (χ2v) is 6.48. The van der Waals surface area contributed by atoms with Crippen LogP contribution in [0.1, 0.15) is 52.0 Å². The molecule has 6 heteroatoms. The number of halogens is 1. The molecule has 142 valence electrons. The summed E-state index contributed by atoms with van der Waals surface area (Å²) in [6.07, 6.45) is 6.85. The molecular weight excluding hydrogens is 425 g/mol. The third-order valence-electron chi connectivity index (χ3n) is 4.72. The SMILES string of the molecule is CCNC(=NCc1ccnc(N2CCCC2)c1)NCC(CC)CC.I. The molecule has 0 aromatic carbocycles. The van der Waals surface area contributed by atoms with Crippen molar-refractivity contribution < 1.29 is 0 Å². The molecular formula is C19H34IN5. The van der Waals surface area contributed by atoms with Crippen molar-refractivity contribution in [1.82, 2.24) is 15.6 Å². The highest BCUT2D eigenvalue weighted by Crippen LogP contribution is 2.18. The predicted octanol–water partition coefficient (Wildman–Crippen LogP) is 3.79. The maximum absolute atomic E-state index is 4.74. The molecule has 0 unspecified atom stereocenters. The van der Waals surface area contributed by atoms with E-state index in [0.29, 0.717) is 12.5 Å². The van der Waals surface area contributed by atoms with Crippen LogP contribution in [0.4, 0.5) is 5.82 Å². The molecule has 1 aliphatic heterocycles. The normalized spacial score (nSPS) is 14.6. The smallest absolute Gasteiger partial charge is 0.191 e. The molecule has 2 N–H and O–H groups in total. The molecule has 1 aromatic rings. The second-order valence-electron chi connectivity index (χ2n) is 6.48. The average Bonchev–Trinajstić information content (AvgIpc) is 3.15. The van der Waals surface area contributed by atoms with Gasteiger partial charge in [-0.3, -0.25) is 0 Å². The zero-order chi connectivity index (χ0) is 17.2. The highest BCUT2D eigenvalue weighted by Gasteiger charge is 2.13. The summed E-state index contributed by atoms with van der Waals surface area (Å²) in [5.41, 5.74) is 1.21. The van der Waals surface area contributed by atoms with Gasteiger partial charge in [-0.05, 0) is 43.4 Å². The molecule has 0 atom stereocenters. The van der Waals surface area contributed by atoms with Gasteiger partial charge in [0, 0.05) is 32.4 Å².